The number of esters is 1. The fourth-order valence-corrected chi connectivity index (χ4v) is 2.07. The lowest BCUT2D eigenvalue weighted by molar-refractivity contribution is -0.149. The summed E-state index contributed by atoms with van der Waals surface area (Å²) >= 11 is 0. The topological polar surface area (TPSA) is 63.6 Å². The summed E-state index contributed by atoms with van der Waals surface area (Å²) in [5.41, 5.74) is 0. The van der Waals surface area contributed by atoms with Gasteiger partial charge >= 0.3 is 11.9 Å². The summed E-state index contributed by atoms with van der Waals surface area (Å²) in [4.78, 5) is 21.5. The van der Waals surface area contributed by atoms with Gasteiger partial charge in [0, 0.05) is 11.8 Å². The summed E-state index contributed by atoms with van der Waals surface area (Å²) in [5, 5.41) is 8.40. The molecule has 0 bridgehead atoms. The third-order valence-corrected chi connectivity index (χ3v) is 3.01. The molecule has 1 rings (SSSR count). The lowest BCUT2D eigenvalue weighted by atomic mass is 10.2. The van der Waals surface area contributed by atoms with E-state index < -0.39 is 5.97 Å². The smallest absolute Gasteiger partial charge is 0.306 e. The van der Waals surface area contributed by atoms with Gasteiger partial charge in [-0.15, -0.1) is 0 Å². The molecule has 0 spiro atoms. The lowest BCUT2D eigenvalue weighted by Crippen LogP contribution is -2.10. The molecule has 0 radical (unpaired) electrons. The monoisotopic (exact) mass is 214 g/mol. The number of hydrogen-bond donors (Lipinski definition) is 1. The fourth-order valence-electron chi connectivity index (χ4n) is 2.07. The van der Waals surface area contributed by atoms with Gasteiger partial charge in [-0.1, -0.05) is 13.8 Å². The van der Waals surface area contributed by atoms with Crippen LogP contribution in [-0.4, -0.2) is 23.1 Å². The van der Waals surface area contributed by atoms with Crippen LogP contribution in [0.1, 0.15) is 39.5 Å². The Bertz CT molecular complexity index is 239. The number of carboxylic acids is 1. The van der Waals surface area contributed by atoms with E-state index in [-0.39, 0.29) is 24.9 Å². The van der Waals surface area contributed by atoms with Crippen LogP contribution in [0.3, 0.4) is 0 Å². The third-order valence-electron chi connectivity index (χ3n) is 3.01. The number of aliphatic carboxylic acids is 1. The van der Waals surface area contributed by atoms with Crippen LogP contribution in [-0.2, 0) is 14.3 Å². The average Bonchev–Trinajstić information content (AvgIpc) is 2.87. The maximum atomic E-state index is 11.2. The van der Waals surface area contributed by atoms with Crippen LogP contribution in [0.4, 0.5) is 0 Å². The summed E-state index contributed by atoms with van der Waals surface area (Å²) in [5.74, 6) is -0.355. The Hall–Kier alpha value is -1.06. The highest BCUT2D eigenvalue weighted by Crippen LogP contribution is 2.46. The molecule has 4 heteroatoms. The molecule has 0 saturated heterocycles. The van der Waals surface area contributed by atoms with Gasteiger partial charge in [-0.05, 0) is 12.8 Å². The van der Waals surface area contributed by atoms with Crippen molar-refractivity contribution in [3.8, 4) is 0 Å². The first kappa shape index (κ1) is 12.0. The highest BCUT2D eigenvalue weighted by atomic mass is 16.5. The second kappa shape index (κ2) is 5.14. The van der Waals surface area contributed by atoms with Crippen molar-refractivity contribution in [3.05, 3.63) is 0 Å². The molecule has 2 atom stereocenters. The van der Waals surface area contributed by atoms with Gasteiger partial charge in [0.2, 0.25) is 0 Å². The molecule has 0 heterocycles. The second-order valence-corrected chi connectivity index (χ2v) is 3.99. The summed E-state index contributed by atoms with van der Waals surface area (Å²) in [6.45, 7) is 4.16. The van der Waals surface area contributed by atoms with E-state index in [2.05, 4.69) is 13.8 Å². The minimum Gasteiger partial charge on any atom is -0.481 e. The van der Waals surface area contributed by atoms with E-state index in [4.69, 9.17) is 9.84 Å². The first-order chi connectivity index (χ1) is 7.10. The molecule has 15 heavy (non-hydrogen) atoms. The molecular weight excluding hydrogens is 196 g/mol. The van der Waals surface area contributed by atoms with Gasteiger partial charge < -0.3 is 9.84 Å². The van der Waals surface area contributed by atoms with Crippen LogP contribution >= 0.6 is 0 Å². The van der Waals surface area contributed by atoms with E-state index in [1.165, 1.54) is 0 Å². The number of hydrogen-bond acceptors (Lipinski definition) is 3. The van der Waals surface area contributed by atoms with E-state index >= 15 is 0 Å². The minimum absolute atomic E-state index is 0.0152. The SMILES string of the molecule is CCC1C(CC)C1OC(=O)CCC(=O)O. The van der Waals surface area contributed by atoms with Crippen molar-refractivity contribution in [3.63, 3.8) is 0 Å². The minimum atomic E-state index is -0.957. The molecule has 86 valence electrons. The highest BCUT2D eigenvalue weighted by molar-refractivity contribution is 5.76. The van der Waals surface area contributed by atoms with Crippen LogP contribution in [0.5, 0.6) is 0 Å². The zero-order chi connectivity index (χ0) is 11.4. The molecule has 1 aliphatic rings. The molecule has 1 N–H and O–H groups in total. The van der Waals surface area contributed by atoms with E-state index in [0.717, 1.165) is 12.8 Å². The van der Waals surface area contributed by atoms with Gasteiger partial charge in [0.25, 0.3) is 0 Å². The predicted molar refractivity (Wildman–Crippen MR) is 54.3 cm³/mol. The van der Waals surface area contributed by atoms with Gasteiger partial charge in [-0.25, -0.2) is 0 Å². The Labute approximate surface area is 89.6 Å². The third kappa shape index (κ3) is 3.22. The molecule has 1 aliphatic carbocycles. The number of carbonyl (C=O) groups excluding carboxylic acids is 1. The number of ether oxygens (including phenoxy) is 1. The first-order valence-corrected chi connectivity index (χ1v) is 5.51. The van der Waals surface area contributed by atoms with Crippen LogP contribution < -0.4 is 0 Å². The van der Waals surface area contributed by atoms with Gasteiger partial charge in [0.15, 0.2) is 0 Å². The summed E-state index contributed by atoms with van der Waals surface area (Å²) < 4.78 is 5.22. The predicted octanol–water partition coefficient (Wildman–Crippen LogP) is 1.83. The highest BCUT2D eigenvalue weighted by Gasteiger charge is 2.50. The zero-order valence-electron chi connectivity index (χ0n) is 9.23. The molecule has 0 aromatic carbocycles. The van der Waals surface area contributed by atoms with E-state index in [1.807, 2.05) is 0 Å². The Morgan fingerprint density at radius 3 is 2.07 bits per heavy atom. The van der Waals surface area contributed by atoms with Crippen molar-refractivity contribution in [1.29, 1.82) is 0 Å². The summed E-state index contributed by atoms with van der Waals surface area (Å²) in [7, 11) is 0. The molecule has 0 aromatic heterocycles. The van der Waals surface area contributed by atoms with Crippen molar-refractivity contribution >= 4 is 11.9 Å². The second-order valence-electron chi connectivity index (χ2n) is 3.99. The quantitative estimate of drug-likeness (QED) is 0.685. The fraction of sp³-hybridized carbons (Fsp3) is 0.818. The Morgan fingerprint density at radius 2 is 1.67 bits per heavy atom. The molecule has 2 unspecified atom stereocenters. The Morgan fingerprint density at radius 1 is 1.13 bits per heavy atom. The number of carbonyl (C=O) groups is 2. The maximum absolute atomic E-state index is 11.2. The molecule has 1 fully saturated rings. The number of rotatable bonds is 6. The first-order valence-electron chi connectivity index (χ1n) is 5.51. The van der Waals surface area contributed by atoms with Crippen LogP contribution in [0, 0.1) is 11.8 Å². The average molecular weight is 214 g/mol. The Balaban J connectivity index is 2.24. The lowest BCUT2D eigenvalue weighted by Gasteiger charge is -2.02. The Kier molecular flexibility index (Phi) is 4.12. The van der Waals surface area contributed by atoms with E-state index in [0.29, 0.717) is 11.8 Å². The normalized spacial score (nSPS) is 28.5. The summed E-state index contributed by atoms with van der Waals surface area (Å²) in [6.07, 6.45) is 1.93. The van der Waals surface area contributed by atoms with Crippen LogP contribution in [0.25, 0.3) is 0 Å². The molecule has 0 aliphatic heterocycles. The van der Waals surface area contributed by atoms with Gasteiger partial charge in [0.05, 0.1) is 12.8 Å². The van der Waals surface area contributed by atoms with Crippen LogP contribution in [0.15, 0.2) is 0 Å². The van der Waals surface area contributed by atoms with Crippen molar-refractivity contribution < 1.29 is 19.4 Å². The molecule has 0 amide bonds. The van der Waals surface area contributed by atoms with Crippen molar-refractivity contribution in [2.45, 2.75) is 45.6 Å². The molecule has 1 saturated carbocycles. The largest absolute Gasteiger partial charge is 0.481 e. The molecule has 0 aromatic rings. The van der Waals surface area contributed by atoms with Crippen molar-refractivity contribution in [1.82, 2.24) is 0 Å². The van der Waals surface area contributed by atoms with E-state index in [1.54, 1.807) is 0 Å². The maximum Gasteiger partial charge on any atom is 0.306 e. The van der Waals surface area contributed by atoms with Gasteiger partial charge in [0.1, 0.15) is 6.10 Å². The summed E-state index contributed by atoms with van der Waals surface area (Å²) in [6, 6.07) is 0. The molecule has 4 nitrogen and oxygen atoms in total. The van der Waals surface area contributed by atoms with E-state index in [9.17, 15) is 9.59 Å². The molecular formula is C11H18O4. The van der Waals surface area contributed by atoms with Gasteiger partial charge in [-0.2, -0.15) is 0 Å². The zero-order valence-corrected chi connectivity index (χ0v) is 9.23. The van der Waals surface area contributed by atoms with Crippen LogP contribution in [0.2, 0.25) is 0 Å². The van der Waals surface area contributed by atoms with Crippen molar-refractivity contribution in [2.24, 2.45) is 11.8 Å². The number of carboxylic acid groups (broad SMARTS) is 1. The van der Waals surface area contributed by atoms with Crippen molar-refractivity contribution in [2.75, 3.05) is 0 Å². The standard InChI is InChI=1S/C11H18O4/c1-3-7-8(4-2)11(7)15-10(14)6-5-9(12)13/h7-8,11H,3-6H2,1-2H3,(H,12,13). The van der Waals surface area contributed by atoms with Gasteiger partial charge in [-0.3, -0.25) is 9.59 Å².